The third-order valence-electron chi connectivity index (χ3n) is 10.1. The first-order valence-corrected chi connectivity index (χ1v) is 20.4. The van der Waals surface area contributed by atoms with Crippen molar-refractivity contribution in [1.29, 1.82) is 0 Å². The summed E-state index contributed by atoms with van der Waals surface area (Å²) in [7, 11) is 0. The van der Waals surface area contributed by atoms with Gasteiger partial charge in [-0.2, -0.15) is 0 Å². The number of nitrogens with two attached hydrogens (primary N) is 3. The first-order valence-electron chi connectivity index (χ1n) is 20.4. The molecule has 0 saturated carbocycles. The molecular weight excluding hydrogens is 812 g/mol. The molecule has 2 rings (SSSR count). The smallest absolute Gasteiger partial charge is 0.252 e. The van der Waals surface area contributed by atoms with Gasteiger partial charge < -0.3 is 54.0 Å². The van der Waals surface area contributed by atoms with Crippen LogP contribution in [0.2, 0.25) is 0 Å². The lowest BCUT2D eigenvalue weighted by molar-refractivity contribution is -0.154. The summed E-state index contributed by atoms with van der Waals surface area (Å²) in [5.74, 6) is -11.6. The molecule has 1 aliphatic rings. The van der Waals surface area contributed by atoms with E-state index in [0.717, 1.165) is 18.9 Å². The van der Waals surface area contributed by atoms with E-state index >= 15 is 0 Å². The Morgan fingerprint density at radius 1 is 0.774 bits per heavy atom. The number of rotatable bonds is 24. The number of amides is 10. The molecule has 10 amide bonds. The van der Waals surface area contributed by atoms with Crippen molar-refractivity contribution in [3.8, 4) is 0 Å². The Morgan fingerprint density at radius 3 is 1.87 bits per heavy atom. The number of hydrogen-bond donors (Lipinski definition) is 11. The lowest BCUT2D eigenvalue weighted by Crippen LogP contribution is -2.63. The minimum Gasteiger partial charge on any atom is -0.394 e. The van der Waals surface area contributed by atoms with Crippen molar-refractivity contribution in [2.75, 3.05) is 13.2 Å². The van der Waals surface area contributed by atoms with E-state index in [1.165, 1.54) is 0 Å². The maximum Gasteiger partial charge on any atom is 0.252 e. The average Bonchev–Trinajstić information content (AvgIpc) is 3.76. The van der Waals surface area contributed by atoms with E-state index in [1.54, 1.807) is 58.0 Å². The number of benzene rings is 1. The molecule has 1 aromatic carbocycles. The second kappa shape index (κ2) is 25.2. The highest BCUT2D eigenvalue weighted by Crippen LogP contribution is 2.15. The fourth-order valence-electron chi connectivity index (χ4n) is 6.56. The van der Waals surface area contributed by atoms with Crippen LogP contribution in [0.5, 0.6) is 0 Å². The Kier molecular flexibility index (Phi) is 21.2. The van der Waals surface area contributed by atoms with Gasteiger partial charge >= 0.3 is 0 Å². The normalized spacial score (nSPS) is 17.0. The van der Waals surface area contributed by atoms with Gasteiger partial charge in [-0.15, -0.1) is 0 Å². The molecule has 22 heteroatoms. The van der Waals surface area contributed by atoms with Crippen LogP contribution in [0.1, 0.15) is 78.7 Å². The molecule has 1 saturated heterocycles. The molecule has 14 N–H and O–H groups in total. The van der Waals surface area contributed by atoms with Gasteiger partial charge in [0.1, 0.15) is 36.3 Å². The minimum absolute atomic E-state index is 0.152. The largest absolute Gasteiger partial charge is 0.394 e. The van der Waals surface area contributed by atoms with E-state index in [1.807, 2.05) is 0 Å². The monoisotopic (exact) mass is 874 g/mol. The number of hydrogen-bond acceptors (Lipinski definition) is 14. The molecule has 2 unspecified atom stereocenters. The molecule has 62 heavy (non-hydrogen) atoms. The van der Waals surface area contributed by atoms with E-state index in [-0.39, 0.29) is 17.7 Å². The molecule has 344 valence electrons. The van der Waals surface area contributed by atoms with Crippen molar-refractivity contribution in [2.45, 2.75) is 128 Å². The molecule has 1 heterocycles. The van der Waals surface area contributed by atoms with Gasteiger partial charge in [-0.25, -0.2) is 0 Å². The lowest BCUT2D eigenvalue weighted by Gasteiger charge is -2.33. The highest BCUT2D eigenvalue weighted by atomic mass is 16.3. The number of aliphatic hydroxyl groups excluding tert-OH is 2. The minimum atomic E-state index is -2.13. The number of carbonyl (C=O) groups is 10. The van der Waals surface area contributed by atoms with Crippen molar-refractivity contribution in [3.63, 3.8) is 0 Å². The van der Waals surface area contributed by atoms with E-state index in [2.05, 4.69) is 31.9 Å². The predicted octanol–water partition coefficient (Wildman–Crippen LogP) is -4.17. The Hall–Kier alpha value is -5.84. The molecule has 0 radical (unpaired) electrons. The second-order valence-corrected chi connectivity index (χ2v) is 15.8. The van der Waals surface area contributed by atoms with Crippen molar-refractivity contribution in [3.05, 3.63) is 35.9 Å². The zero-order valence-corrected chi connectivity index (χ0v) is 35.7. The fourth-order valence-corrected chi connectivity index (χ4v) is 6.56. The van der Waals surface area contributed by atoms with Crippen LogP contribution in [0.15, 0.2) is 30.3 Å². The Balaban J connectivity index is 2.50. The summed E-state index contributed by atoms with van der Waals surface area (Å²) < 4.78 is 0. The molecule has 0 bridgehead atoms. The maximum absolute atomic E-state index is 14.1. The number of carbonyl (C=O) groups excluding carboxylic acids is 10. The van der Waals surface area contributed by atoms with Gasteiger partial charge in [0.2, 0.25) is 47.3 Å². The quantitative estimate of drug-likeness (QED) is 0.0470. The summed E-state index contributed by atoms with van der Waals surface area (Å²) in [4.78, 5) is 132. The third kappa shape index (κ3) is 16.2. The zero-order valence-electron chi connectivity index (χ0n) is 35.7. The van der Waals surface area contributed by atoms with E-state index in [0.29, 0.717) is 13.0 Å². The standard InChI is InChI=1S/C40H62N10O12/c1-20(2)31(46-35(57)25-12-9-17-44-25)37(59)47-32(21(3)4)38(60)49-39(61)33(28(53)15-13-23-10-7-6-8-11-23)48-36(58)27(18-30(43)55)50(22(5)52)40(62)26(14-16-29(42)54)45-34(56)24(41)19-51/h6-8,10-11,20-21,24-28,31-33,44,51,53H,9,12-19,41H2,1-5H3,(H2,42,54)(H2,43,55)(H,45,56)(H,46,57)(H,47,59)(H,48,58)(H,49,60,61)/t24-,25-,26-,27-,28?,31-,32-,33?/m0/s1. The van der Waals surface area contributed by atoms with Crippen LogP contribution in [0.25, 0.3) is 0 Å². The van der Waals surface area contributed by atoms with Crippen LogP contribution in [0.3, 0.4) is 0 Å². The third-order valence-corrected chi connectivity index (χ3v) is 10.1. The summed E-state index contributed by atoms with van der Waals surface area (Å²) in [6.45, 7) is 7.16. The fraction of sp³-hybridized carbons (Fsp3) is 0.600. The van der Waals surface area contributed by atoms with Crippen LogP contribution < -0.4 is 49.1 Å². The molecule has 0 spiro atoms. The van der Waals surface area contributed by atoms with E-state index in [9.17, 15) is 58.2 Å². The number of aliphatic hydroxyl groups is 2. The van der Waals surface area contributed by atoms with Crippen LogP contribution >= 0.6 is 0 Å². The van der Waals surface area contributed by atoms with E-state index in [4.69, 9.17) is 17.2 Å². The van der Waals surface area contributed by atoms with Gasteiger partial charge in [-0.3, -0.25) is 58.2 Å². The Labute approximate surface area is 359 Å². The summed E-state index contributed by atoms with van der Waals surface area (Å²) in [6, 6.07) is -1.71. The Morgan fingerprint density at radius 2 is 1.35 bits per heavy atom. The number of nitrogens with one attached hydrogen (secondary N) is 6. The van der Waals surface area contributed by atoms with Gasteiger partial charge in [0, 0.05) is 13.3 Å². The van der Waals surface area contributed by atoms with Crippen molar-refractivity contribution in [1.82, 2.24) is 36.8 Å². The summed E-state index contributed by atoms with van der Waals surface area (Å²) in [6.07, 6.45) is -2.53. The van der Waals surface area contributed by atoms with Crippen molar-refractivity contribution >= 4 is 59.1 Å². The average molecular weight is 875 g/mol. The van der Waals surface area contributed by atoms with Gasteiger partial charge in [0.15, 0.2) is 0 Å². The molecule has 1 aliphatic heterocycles. The topological polar surface area (TPSA) is 365 Å². The maximum atomic E-state index is 14.1. The highest BCUT2D eigenvalue weighted by Gasteiger charge is 2.42. The zero-order chi connectivity index (χ0) is 46.8. The van der Waals surface area contributed by atoms with Gasteiger partial charge in [0.25, 0.3) is 11.8 Å². The first kappa shape index (κ1) is 52.3. The SMILES string of the molecule is CC(=O)N(C(=O)[C@H](CCC(N)=O)NC(=O)[C@@H](N)CO)[C@@H](CC(N)=O)C(=O)NC(C(=O)NC(=O)[C@@H](NC(=O)[C@@H](NC(=O)[C@@H]1CCCN1)C(C)C)C(C)C)C(O)CCc1ccccc1. The number of nitrogens with zero attached hydrogens (tertiary/aromatic N) is 1. The Bertz CT molecular complexity index is 1770. The van der Waals surface area contributed by atoms with Crippen LogP contribution in [0, 0.1) is 11.8 Å². The highest BCUT2D eigenvalue weighted by molar-refractivity contribution is 6.06. The summed E-state index contributed by atoms with van der Waals surface area (Å²) >= 11 is 0. The van der Waals surface area contributed by atoms with Gasteiger partial charge in [0.05, 0.1) is 25.2 Å². The van der Waals surface area contributed by atoms with Crippen LogP contribution in [-0.4, -0.2) is 136 Å². The first-order chi connectivity index (χ1) is 29.1. The molecule has 0 aromatic heterocycles. The predicted molar refractivity (Wildman–Crippen MR) is 221 cm³/mol. The molecular formula is C40H62N10O12. The number of primary amides is 2. The second-order valence-electron chi connectivity index (χ2n) is 15.8. The molecule has 0 aliphatic carbocycles. The molecule has 1 fully saturated rings. The van der Waals surface area contributed by atoms with Crippen molar-refractivity contribution in [2.24, 2.45) is 29.0 Å². The summed E-state index contributed by atoms with van der Waals surface area (Å²) in [5, 5.41) is 35.7. The van der Waals surface area contributed by atoms with Gasteiger partial charge in [-0.05, 0) is 56.0 Å². The number of aryl methyl sites for hydroxylation is 1. The van der Waals surface area contributed by atoms with E-state index < -0.39 is 145 Å². The number of imide groups is 2. The molecule has 1 aromatic rings. The van der Waals surface area contributed by atoms with Crippen LogP contribution in [0.4, 0.5) is 0 Å². The molecule has 22 nitrogen and oxygen atoms in total. The summed E-state index contributed by atoms with van der Waals surface area (Å²) in [5.41, 5.74) is 17.0. The van der Waals surface area contributed by atoms with Crippen LogP contribution in [-0.2, 0) is 54.4 Å². The molecule has 8 atom stereocenters. The lowest BCUT2D eigenvalue weighted by atomic mass is 9.98. The van der Waals surface area contributed by atoms with Crippen molar-refractivity contribution < 1.29 is 58.2 Å². The van der Waals surface area contributed by atoms with Gasteiger partial charge in [-0.1, -0.05) is 58.0 Å².